The number of nitrogens with one attached hydrogen (secondary N) is 2. The summed E-state index contributed by atoms with van der Waals surface area (Å²) >= 11 is 0. The molecule has 4 nitrogen and oxygen atoms in total. The lowest BCUT2D eigenvalue weighted by Gasteiger charge is -2.19. The summed E-state index contributed by atoms with van der Waals surface area (Å²) < 4.78 is 26.5. The van der Waals surface area contributed by atoms with Gasteiger partial charge in [0.25, 0.3) is 0 Å². The number of aryl methyl sites for hydroxylation is 1. The van der Waals surface area contributed by atoms with Crippen LogP contribution < -0.4 is 15.5 Å². The molecule has 2 atom stereocenters. The average molecular weight is 387 g/mol. The lowest BCUT2D eigenvalue weighted by molar-refractivity contribution is 0.235. The van der Waals surface area contributed by atoms with Crippen molar-refractivity contribution in [1.82, 2.24) is 10.6 Å². The van der Waals surface area contributed by atoms with Crippen molar-refractivity contribution < 1.29 is 13.6 Å². The molecule has 6 heteroatoms. The van der Waals surface area contributed by atoms with E-state index in [1.165, 1.54) is 11.6 Å². The minimum Gasteiger partial charge on any atom is -0.371 e. The first kappa shape index (κ1) is 20.1. The van der Waals surface area contributed by atoms with Crippen molar-refractivity contribution in [2.24, 2.45) is 5.92 Å². The van der Waals surface area contributed by atoms with Crippen LogP contribution in [0, 0.1) is 17.6 Å². The monoisotopic (exact) mass is 387 g/mol. The Kier molecular flexibility index (Phi) is 6.85. The highest BCUT2D eigenvalue weighted by molar-refractivity contribution is 5.74. The topological polar surface area (TPSA) is 44.4 Å². The van der Waals surface area contributed by atoms with E-state index in [2.05, 4.69) is 22.8 Å². The van der Waals surface area contributed by atoms with Gasteiger partial charge in [-0.3, -0.25) is 0 Å². The van der Waals surface area contributed by atoms with Crippen LogP contribution in [0.3, 0.4) is 0 Å². The lowest BCUT2D eigenvalue weighted by atomic mass is 10.1. The Hall–Kier alpha value is -2.63. The maximum Gasteiger partial charge on any atom is 0.315 e. The van der Waals surface area contributed by atoms with Crippen molar-refractivity contribution in [1.29, 1.82) is 0 Å². The molecule has 2 aromatic carbocycles. The fraction of sp³-hybridized carbons (Fsp3) is 0.409. The van der Waals surface area contributed by atoms with Crippen LogP contribution in [-0.4, -0.2) is 31.7 Å². The lowest BCUT2D eigenvalue weighted by Crippen LogP contribution is -2.43. The van der Waals surface area contributed by atoms with Crippen LogP contribution in [0.4, 0.5) is 19.3 Å². The first-order valence-electron chi connectivity index (χ1n) is 9.79. The van der Waals surface area contributed by atoms with Crippen molar-refractivity contribution in [2.45, 2.75) is 32.2 Å². The van der Waals surface area contributed by atoms with Gasteiger partial charge in [-0.25, -0.2) is 13.6 Å². The summed E-state index contributed by atoms with van der Waals surface area (Å²) in [5.74, 6) is -1.37. The van der Waals surface area contributed by atoms with E-state index in [0.29, 0.717) is 18.2 Å². The zero-order valence-electron chi connectivity index (χ0n) is 16.1. The zero-order chi connectivity index (χ0) is 19.9. The zero-order valence-corrected chi connectivity index (χ0v) is 16.1. The summed E-state index contributed by atoms with van der Waals surface area (Å²) in [4.78, 5) is 14.2. The summed E-state index contributed by atoms with van der Waals surface area (Å²) in [6.07, 6.45) is 2.71. The van der Waals surface area contributed by atoms with Gasteiger partial charge in [0.15, 0.2) is 11.6 Å². The first-order chi connectivity index (χ1) is 13.5. The number of rotatable bonds is 7. The van der Waals surface area contributed by atoms with E-state index in [4.69, 9.17) is 0 Å². The summed E-state index contributed by atoms with van der Waals surface area (Å²) in [6, 6.07) is 14.1. The molecule has 0 radical (unpaired) electrons. The summed E-state index contributed by atoms with van der Waals surface area (Å²) in [6.45, 7) is 4.06. The summed E-state index contributed by atoms with van der Waals surface area (Å²) in [7, 11) is 0. The molecule has 3 rings (SSSR count). The van der Waals surface area contributed by atoms with E-state index in [9.17, 15) is 13.6 Å². The number of urea groups is 1. The Morgan fingerprint density at radius 2 is 1.96 bits per heavy atom. The molecule has 1 saturated heterocycles. The maximum absolute atomic E-state index is 13.4. The molecule has 2 aromatic rings. The summed E-state index contributed by atoms with van der Waals surface area (Å²) in [5, 5.41) is 5.91. The Labute approximate surface area is 164 Å². The number of nitrogens with zero attached hydrogens (tertiary/aromatic N) is 1. The number of hydrogen-bond acceptors (Lipinski definition) is 2. The van der Waals surface area contributed by atoms with Crippen LogP contribution in [0.1, 0.15) is 25.3 Å². The molecule has 0 saturated carbocycles. The normalized spacial score (nSPS) is 17.4. The number of carbonyl (C=O) groups is 1. The third-order valence-electron chi connectivity index (χ3n) is 5.19. The first-order valence-corrected chi connectivity index (χ1v) is 9.79. The van der Waals surface area contributed by atoms with Gasteiger partial charge >= 0.3 is 6.03 Å². The Morgan fingerprint density at radius 1 is 1.18 bits per heavy atom. The van der Waals surface area contributed by atoms with E-state index < -0.39 is 11.6 Å². The van der Waals surface area contributed by atoms with Gasteiger partial charge < -0.3 is 15.5 Å². The van der Waals surface area contributed by atoms with Gasteiger partial charge in [-0.2, -0.15) is 0 Å². The van der Waals surface area contributed by atoms with Crippen LogP contribution in [0.2, 0.25) is 0 Å². The van der Waals surface area contributed by atoms with Crippen LogP contribution in [0.5, 0.6) is 0 Å². The molecule has 1 fully saturated rings. The van der Waals surface area contributed by atoms with E-state index in [0.717, 1.165) is 38.4 Å². The standard InChI is InChI=1S/C22H27F2N3O/c1-16(7-8-17-5-3-2-4-6-17)26-22(28)25-14-18-11-12-27(15-18)19-9-10-20(23)21(24)13-19/h2-6,9-10,13,16,18H,7-8,11-12,14-15H2,1H3,(H2,25,26,28). The second kappa shape index (κ2) is 9.53. The molecule has 1 aliphatic rings. The van der Waals surface area contributed by atoms with Crippen molar-refractivity contribution in [3.8, 4) is 0 Å². The minimum absolute atomic E-state index is 0.0856. The molecular formula is C22H27F2N3O. The van der Waals surface area contributed by atoms with Crippen molar-refractivity contribution in [3.05, 3.63) is 65.7 Å². The highest BCUT2D eigenvalue weighted by Crippen LogP contribution is 2.25. The molecule has 2 N–H and O–H groups in total. The van der Waals surface area contributed by atoms with Gasteiger partial charge in [0.05, 0.1) is 0 Å². The van der Waals surface area contributed by atoms with Crippen molar-refractivity contribution >= 4 is 11.7 Å². The fourth-order valence-corrected chi connectivity index (χ4v) is 3.53. The van der Waals surface area contributed by atoms with E-state index >= 15 is 0 Å². The van der Waals surface area contributed by atoms with Gasteiger partial charge in [0, 0.05) is 37.4 Å². The number of benzene rings is 2. The van der Waals surface area contributed by atoms with Gasteiger partial charge in [-0.15, -0.1) is 0 Å². The van der Waals surface area contributed by atoms with Gasteiger partial charge in [-0.1, -0.05) is 30.3 Å². The van der Waals surface area contributed by atoms with Crippen molar-refractivity contribution in [3.63, 3.8) is 0 Å². The number of anilines is 1. The second-order valence-corrected chi connectivity index (χ2v) is 7.48. The number of halogens is 2. The molecule has 2 amide bonds. The average Bonchev–Trinajstić information content (AvgIpc) is 3.17. The number of carbonyl (C=O) groups excluding carboxylic acids is 1. The van der Waals surface area contributed by atoms with Crippen LogP contribution >= 0.6 is 0 Å². The van der Waals surface area contributed by atoms with Crippen LogP contribution in [0.15, 0.2) is 48.5 Å². The Morgan fingerprint density at radius 3 is 2.71 bits per heavy atom. The van der Waals surface area contributed by atoms with Crippen LogP contribution in [0.25, 0.3) is 0 Å². The van der Waals surface area contributed by atoms with E-state index in [1.54, 1.807) is 6.07 Å². The summed E-state index contributed by atoms with van der Waals surface area (Å²) in [5.41, 5.74) is 1.94. The van der Waals surface area contributed by atoms with Gasteiger partial charge in [-0.05, 0) is 49.8 Å². The van der Waals surface area contributed by atoms with Gasteiger partial charge in [0.1, 0.15) is 0 Å². The molecule has 0 spiro atoms. The molecule has 0 aromatic heterocycles. The molecule has 150 valence electrons. The highest BCUT2D eigenvalue weighted by atomic mass is 19.2. The minimum atomic E-state index is -0.834. The molecule has 2 unspecified atom stereocenters. The fourth-order valence-electron chi connectivity index (χ4n) is 3.53. The predicted molar refractivity (Wildman–Crippen MR) is 107 cm³/mol. The predicted octanol–water partition coefficient (Wildman–Crippen LogP) is 4.11. The Balaban J connectivity index is 1.37. The molecule has 0 aliphatic carbocycles. The van der Waals surface area contributed by atoms with Crippen LogP contribution in [-0.2, 0) is 6.42 Å². The SMILES string of the molecule is CC(CCc1ccccc1)NC(=O)NCC1CCN(c2ccc(F)c(F)c2)C1. The third-order valence-corrected chi connectivity index (χ3v) is 5.19. The molecule has 0 bridgehead atoms. The third kappa shape index (κ3) is 5.68. The second-order valence-electron chi connectivity index (χ2n) is 7.48. The van der Waals surface area contributed by atoms with Crippen molar-refractivity contribution in [2.75, 3.05) is 24.5 Å². The molecule has 1 aliphatic heterocycles. The quantitative estimate of drug-likeness (QED) is 0.751. The highest BCUT2D eigenvalue weighted by Gasteiger charge is 2.24. The molecular weight excluding hydrogens is 360 g/mol. The largest absolute Gasteiger partial charge is 0.371 e. The number of amides is 2. The molecule has 28 heavy (non-hydrogen) atoms. The molecule has 1 heterocycles. The van der Waals surface area contributed by atoms with E-state index in [1.807, 2.05) is 30.0 Å². The van der Waals surface area contributed by atoms with Gasteiger partial charge in [0.2, 0.25) is 0 Å². The Bertz CT molecular complexity index is 785. The number of hydrogen-bond donors (Lipinski definition) is 2. The smallest absolute Gasteiger partial charge is 0.315 e. The maximum atomic E-state index is 13.4. The van der Waals surface area contributed by atoms with E-state index in [-0.39, 0.29) is 12.1 Å².